The molecule has 2 aromatic heterocycles. The molecule has 1 fully saturated rings. The van der Waals surface area contributed by atoms with Crippen LogP contribution in [0.3, 0.4) is 0 Å². The molecule has 1 aliphatic heterocycles. The fraction of sp³-hybridized carbons (Fsp3) is 0.368. The summed E-state index contributed by atoms with van der Waals surface area (Å²) in [5.41, 5.74) is 3.56. The minimum absolute atomic E-state index is 0.702. The Morgan fingerprint density at radius 3 is 2.57 bits per heavy atom. The number of hydrogen-bond donors (Lipinski definition) is 1. The molecule has 0 atom stereocenters. The third kappa shape index (κ3) is 4.21. The highest BCUT2D eigenvalue weighted by atomic mass is 32.1. The highest BCUT2D eigenvalue weighted by Crippen LogP contribution is 2.25. The molecule has 28 heavy (non-hydrogen) atoms. The Hall–Kier alpha value is -2.36. The van der Waals surface area contributed by atoms with Gasteiger partial charge in [-0.2, -0.15) is 0 Å². The summed E-state index contributed by atoms with van der Waals surface area (Å²) in [4.78, 5) is 13.2. The molecule has 146 valence electrons. The second-order valence-electron chi connectivity index (χ2n) is 6.84. The van der Waals surface area contributed by atoms with Crippen LogP contribution < -0.4 is 10.2 Å². The average molecular weight is 414 g/mol. The molecule has 3 heterocycles. The van der Waals surface area contributed by atoms with Gasteiger partial charge in [-0.3, -0.25) is 4.90 Å². The van der Waals surface area contributed by atoms with E-state index in [2.05, 4.69) is 62.2 Å². The van der Waals surface area contributed by atoms with Crippen LogP contribution in [0.4, 0.5) is 16.8 Å². The molecule has 7 nitrogen and oxygen atoms in total. The number of piperazine rings is 1. The standard InChI is InChI=1S/C19H23N7S2/c1-14-5-3-6-16(15(14)2)22-18-23-26(19(27)28-18)13-24-9-11-25(12-10-24)17-20-7-4-8-21-17/h3-8H,9-13H2,1-2H3,(H,22,23). The van der Waals surface area contributed by atoms with Crippen molar-refractivity contribution in [2.45, 2.75) is 20.5 Å². The second-order valence-corrected chi connectivity index (χ2v) is 8.46. The largest absolute Gasteiger partial charge is 0.338 e. The molecule has 1 aromatic carbocycles. The van der Waals surface area contributed by atoms with Crippen molar-refractivity contribution in [3.05, 3.63) is 51.7 Å². The number of anilines is 3. The third-order valence-corrected chi connectivity index (χ3v) is 6.22. The van der Waals surface area contributed by atoms with Crippen LogP contribution >= 0.6 is 23.6 Å². The molecule has 0 radical (unpaired) electrons. The molecular formula is C19H23N7S2. The van der Waals surface area contributed by atoms with Crippen LogP contribution in [0.15, 0.2) is 36.7 Å². The summed E-state index contributed by atoms with van der Waals surface area (Å²) < 4.78 is 2.68. The van der Waals surface area contributed by atoms with Crippen LogP contribution in [0.25, 0.3) is 0 Å². The number of nitrogens with zero attached hydrogens (tertiary/aromatic N) is 6. The second kappa shape index (κ2) is 8.34. The highest BCUT2D eigenvalue weighted by Gasteiger charge is 2.19. The lowest BCUT2D eigenvalue weighted by Crippen LogP contribution is -2.47. The van der Waals surface area contributed by atoms with Gasteiger partial charge in [-0.25, -0.2) is 14.6 Å². The molecular weight excluding hydrogens is 390 g/mol. The maximum absolute atomic E-state index is 5.54. The van der Waals surface area contributed by atoms with Gasteiger partial charge < -0.3 is 10.2 Å². The van der Waals surface area contributed by atoms with Gasteiger partial charge in [0.1, 0.15) is 0 Å². The van der Waals surface area contributed by atoms with Crippen molar-refractivity contribution in [3.8, 4) is 0 Å². The lowest BCUT2D eigenvalue weighted by molar-refractivity contribution is 0.194. The summed E-state index contributed by atoms with van der Waals surface area (Å²) in [6.45, 7) is 8.58. The molecule has 9 heteroatoms. The maximum Gasteiger partial charge on any atom is 0.225 e. The predicted molar refractivity (Wildman–Crippen MR) is 116 cm³/mol. The van der Waals surface area contributed by atoms with Crippen LogP contribution in [0.2, 0.25) is 0 Å². The number of nitrogens with one attached hydrogen (secondary N) is 1. The molecule has 0 bridgehead atoms. The van der Waals surface area contributed by atoms with Gasteiger partial charge in [0, 0.05) is 44.3 Å². The molecule has 0 amide bonds. The molecule has 0 saturated carbocycles. The van der Waals surface area contributed by atoms with Gasteiger partial charge in [-0.1, -0.05) is 23.5 Å². The van der Waals surface area contributed by atoms with Gasteiger partial charge in [0.15, 0.2) is 3.95 Å². The van der Waals surface area contributed by atoms with E-state index in [1.807, 2.05) is 10.7 Å². The minimum atomic E-state index is 0.702. The van der Waals surface area contributed by atoms with Crippen molar-refractivity contribution >= 4 is 40.3 Å². The molecule has 1 N–H and O–H groups in total. The first-order valence-corrected chi connectivity index (χ1v) is 10.5. The fourth-order valence-corrected chi connectivity index (χ4v) is 4.19. The summed E-state index contributed by atoms with van der Waals surface area (Å²) in [5.74, 6) is 0.799. The normalized spacial score (nSPS) is 15.0. The topological polar surface area (TPSA) is 62.1 Å². The maximum atomic E-state index is 5.54. The minimum Gasteiger partial charge on any atom is -0.338 e. The van der Waals surface area contributed by atoms with Crippen molar-refractivity contribution in [3.63, 3.8) is 0 Å². The van der Waals surface area contributed by atoms with Crippen molar-refractivity contribution in [2.75, 3.05) is 36.4 Å². The van der Waals surface area contributed by atoms with Gasteiger partial charge in [0.05, 0.1) is 6.67 Å². The van der Waals surface area contributed by atoms with Gasteiger partial charge in [0.25, 0.3) is 0 Å². The predicted octanol–water partition coefficient (Wildman–Crippen LogP) is 3.60. The van der Waals surface area contributed by atoms with Crippen molar-refractivity contribution in [1.29, 1.82) is 0 Å². The van der Waals surface area contributed by atoms with Crippen LogP contribution in [0, 0.1) is 17.8 Å². The van der Waals surface area contributed by atoms with Crippen molar-refractivity contribution in [2.24, 2.45) is 0 Å². The zero-order valence-electron chi connectivity index (χ0n) is 16.0. The summed E-state index contributed by atoms with van der Waals surface area (Å²) in [7, 11) is 0. The Morgan fingerprint density at radius 1 is 1.07 bits per heavy atom. The van der Waals surface area contributed by atoms with E-state index in [0.29, 0.717) is 6.67 Å². The Bertz CT molecular complexity index is 991. The Kier molecular flexibility index (Phi) is 5.65. The van der Waals surface area contributed by atoms with Gasteiger partial charge in [0.2, 0.25) is 11.1 Å². The van der Waals surface area contributed by atoms with Gasteiger partial charge >= 0.3 is 0 Å². The molecule has 0 aliphatic carbocycles. The zero-order valence-corrected chi connectivity index (χ0v) is 17.6. The van der Waals surface area contributed by atoms with E-state index in [0.717, 1.165) is 46.9 Å². The van der Waals surface area contributed by atoms with Gasteiger partial charge in [-0.05, 0) is 49.3 Å². The molecule has 1 saturated heterocycles. The van der Waals surface area contributed by atoms with E-state index in [9.17, 15) is 0 Å². The molecule has 0 spiro atoms. The smallest absolute Gasteiger partial charge is 0.225 e. The molecule has 3 aromatic rings. The Labute approximate surface area is 173 Å². The number of aryl methyl sites for hydroxylation is 1. The first kappa shape index (κ1) is 19.0. The Morgan fingerprint density at radius 2 is 1.82 bits per heavy atom. The van der Waals surface area contributed by atoms with Crippen LogP contribution in [0.1, 0.15) is 11.1 Å². The van der Waals surface area contributed by atoms with Crippen LogP contribution in [-0.2, 0) is 6.67 Å². The highest BCUT2D eigenvalue weighted by molar-refractivity contribution is 7.73. The van der Waals surface area contributed by atoms with E-state index in [-0.39, 0.29) is 0 Å². The van der Waals surface area contributed by atoms with E-state index in [1.165, 1.54) is 22.5 Å². The molecule has 1 aliphatic rings. The third-order valence-electron chi connectivity index (χ3n) is 4.99. The molecule has 0 unspecified atom stereocenters. The van der Waals surface area contributed by atoms with Crippen LogP contribution in [-0.4, -0.2) is 50.8 Å². The SMILES string of the molecule is Cc1cccc(Nc2nn(CN3CCN(c4ncccn4)CC3)c(=S)s2)c1C. The van der Waals surface area contributed by atoms with E-state index in [1.54, 1.807) is 12.4 Å². The lowest BCUT2D eigenvalue weighted by Gasteiger charge is -2.34. The van der Waals surface area contributed by atoms with Gasteiger partial charge in [-0.15, -0.1) is 5.10 Å². The van der Waals surface area contributed by atoms with Crippen molar-refractivity contribution < 1.29 is 0 Å². The number of aromatic nitrogens is 4. The first-order chi connectivity index (χ1) is 13.6. The summed E-state index contributed by atoms with van der Waals surface area (Å²) in [6, 6.07) is 8.08. The summed E-state index contributed by atoms with van der Waals surface area (Å²) in [5, 5.41) is 8.93. The summed E-state index contributed by atoms with van der Waals surface area (Å²) >= 11 is 7.05. The number of benzene rings is 1. The van der Waals surface area contributed by atoms with E-state index >= 15 is 0 Å². The molecule has 4 rings (SSSR count). The lowest BCUT2D eigenvalue weighted by atomic mass is 10.1. The number of hydrogen-bond acceptors (Lipinski definition) is 8. The quantitative estimate of drug-likeness (QED) is 0.641. The Balaban J connectivity index is 1.38. The first-order valence-electron chi connectivity index (χ1n) is 9.25. The van der Waals surface area contributed by atoms with Crippen molar-refractivity contribution in [1.82, 2.24) is 24.6 Å². The monoisotopic (exact) mass is 413 g/mol. The number of rotatable bonds is 5. The van der Waals surface area contributed by atoms with Crippen LogP contribution in [0.5, 0.6) is 0 Å². The summed E-state index contributed by atoms with van der Waals surface area (Å²) in [6.07, 6.45) is 3.57. The van der Waals surface area contributed by atoms with E-state index < -0.39 is 0 Å². The average Bonchev–Trinajstić information content (AvgIpc) is 3.05. The van der Waals surface area contributed by atoms with E-state index in [4.69, 9.17) is 12.2 Å². The fourth-order valence-electron chi connectivity index (χ4n) is 3.18. The zero-order chi connectivity index (χ0) is 19.5.